The van der Waals surface area contributed by atoms with Crippen molar-refractivity contribution in [2.45, 2.75) is 12.5 Å². The minimum atomic E-state index is -1.21. The van der Waals surface area contributed by atoms with Crippen LogP contribution in [0.25, 0.3) is 0 Å². The van der Waals surface area contributed by atoms with E-state index >= 15 is 0 Å². The Balaban J connectivity index is 2.97. The Morgan fingerprint density at radius 1 is 1.53 bits per heavy atom. The van der Waals surface area contributed by atoms with Crippen LogP contribution < -0.4 is 9.01 Å². The summed E-state index contributed by atoms with van der Waals surface area (Å²) in [6, 6.07) is 1.16. The molecule has 0 aromatic heterocycles. The molecule has 0 aliphatic carbocycles. The molecule has 15 heavy (non-hydrogen) atoms. The standard InChI is InChI=1S/C9H8AtF2NO2/c10-7-5(11)2-1-4(8(7)12)3-6(13)9(14)15/h1-2,6H,3,13H2,(H,14,15). The number of carboxylic acid groups (broad SMARTS) is 1. The Bertz CT molecular complexity index is 398. The van der Waals surface area contributed by atoms with Crippen molar-refractivity contribution in [2.24, 2.45) is 5.73 Å². The van der Waals surface area contributed by atoms with Crippen molar-refractivity contribution >= 4 is 9.24 Å². The molecule has 0 heterocycles. The van der Waals surface area contributed by atoms with Crippen molar-refractivity contribution in [3.8, 4) is 0 Å². The molecule has 1 aromatic rings. The molecule has 1 atom stereocenters. The van der Waals surface area contributed by atoms with Crippen molar-refractivity contribution in [3.05, 3.63) is 29.3 Å². The van der Waals surface area contributed by atoms with E-state index in [1.807, 2.05) is 0 Å². The molecule has 0 fully saturated rings. The molecule has 0 bridgehead atoms. The third-order valence-corrected chi connectivity index (χ3v) is 3.22. The number of nitrogens with two attached hydrogens (primary N) is 1. The molecule has 0 aliphatic rings. The SMILES string of the molecule is NC(Cc1ccc(F)c([At])c1F)C(=O)O. The van der Waals surface area contributed by atoms with E-state index in [-0.39, 0.29) is 15.3 Å². The van der Waals surface area contributed by atoms with Crippen molar-refractivity contribution in [2.75, 3.05) is 0 Å². The fourth-order valence-electron chi connectivity index (χ4n) is 1.05. The number of halogens is 2. The summed E-state index contributed by atoms with van der Waals surface area (Å²) in [6.45, 7) is 0. The zero-order valence-corrected chi connectivity index (χ0v) is 10.4. The summed E-state index contributed by atoms with van der Waals surface area (Å²) in [5.41, 5.74) is 5.38. The molecule has 82 valence electrons. The van der Waals surface area contributed by atoms with Gasteiger partial charge in [0.2, 0.25) is 0 Å². The normalized spacial score (nSPS) is 12.5. The van der Waals surface area contributed by atoms with Crippen LogP contribution >= 0.6 is 0 Å². The molecule has 0 radical (unpaired) electrons. The van der Waals surface area contributed by atoms with E-state index in [2.05, 4.69) is 0 Å². The van der Waals surface area contributed by atoms with Crippen LogP contribution in [0.15, 0.2) is 12.1 Å². The summed E-state index contributed by atoms with van der Waals surface area (Å²) in [7, 11) is 0. The van der Waals surface area contributed by atoms with Crippen molar-refractivity contribution in [1.82, 2.24) is 0 Å². The Labute approximate surface area is 100 Å². The second-order valence-electron chi connectivity index (χ2n) is 2.98. The van der Waals surface area contributed by atoms with Crippen molar-refractivity contribution < 1.29 is 43.4 Å². The number of carboxylic acids is 1. The summed E-state index contributed by atoms with van der Waals surface area (Å²) in [5.74, 6) is -2.54. The van der Waals surface area contributed by atoms with Gasteiger partial charge < -0.3 is 0 Å². The van der Waals surface area contributed by atoms with Gasteiger partial charge in [-0.1, -0.05) is 0 Å². The van der Waals surface area contributed by atoms with Crippen LogP contribution in [-0.4, -0.2) is 17.1 Å². The molecule has 0 amide bonds. The molecule has 1 rings (SSSR count). The Kier molecular flexibility index (Phi) is 4.11. The Hall–Kier alpha value is -0.607. The predicted molar refractivity (Wildman–Crippen MR) is 45.3 cm³/mol. The van der Waals surface area contributed by atoms with Gasteiger partial charge in [0, 0.05) is 0 Å². The quantitative estimate of drug-likeness (QED) is 0.743. The number of aliphatic carboxylic acids is 1. The number of hydrogen-bond acceptors (Lipinski definition) is 2. The summed E-state index contributed by atoms with van der Waals surface area (Å²) in [6.07, 6.45) is -0.142. The first-order chi connectivity index (χ1) is 6.93. The van der Waals surface area contributed by atoms with E-state index in [1.54, 1.807) is 0 Å². The van der Waals surface area contributed by atoms with Crippen LogP contribution in [0.2, 0.25) is 0 Å². The average Bonchev–Trinajstić information content (AvgIpc) is 2.18. The summed E-state index contributed by atoms with van der Waals surface area (Å²) in [5, 5.41) is 8.54. The first-order valence-electron chi connectivity index (χ1n) is 4.04. The van der Waals surface area contributed by atoms with Crippen LogP contribution in [-0.2, 0) is 11.2 Å². The second-order valence-corrected chi connectivity index (χ2v) is 4.45. The van der Waals surface area contributed by atoms with Gasteiger partial charge in [0.15, 0.2) is 0 Å². The maximum atomic E-state index is 13.4. The summed E-state index contributed by atoms with van der Waals surface area (Å²) >= 11 is 0.869. The molecule has 0 saturated heterocycles. The molecule has 1 unspecified atom stereocenters. The molecule has 3 nitrogen and oxygen atoms in total. The van der Waals surface area contributed by atoms with Gasteiger partial charge in [0.1, 0.15) is 0 Å². The van der Waals surface area contributed by atoms with Gasteiger partial charge in [-0.25, -0.2) is 0 Å². The van der Waals surface area contributed by atoms with E-state index in [0.29, 0.717) is 0 Å². The summed E-state index contributed by atoms with van der Waals surface area (Å²) < 4.78 is 26.2. The van der Waals surface area contributed by atoms with Crippen molar-refractivity contribution in [1.29, 1.82) is 0 Å². The third-order valence-electron chi connectivity index (χ3n) is 1.87. The van der Waals surface area contributed by atoms with Gasteiger partial charge in [0.05, 0.1) is 0 Å². The van der Waals surface area contributed by atoms with E-state index in [4.69, 9.17) is 10.8 Å². The molecular weight excluding hydrogens is 402 g/mol. The van der Waals surface area contributed by atoms with E-state index < -0.39 is 23.6 Å². The molecule has 0 aliphatic heterocycles. The van der Waals surface area contributed by atoms with Gasteiger partial charge >= 0.3 is 100 Å². The van der Waals surface area contributed by atoms with E-state index in [0.717, 1.165) is 30.8 Å². The van der Waals surface area contributed by atoms with Crippen LogP contribution in [0.4, 0.5) is 8.78 Å². The van der Waals surface area contributed by atoms with Crippen LogP contribution in [0.3, 0.4) is 0 Å². The number of rotatable bonds is 3. The minimum absolute atomic E-state index is 0.0647. The van der Waals surface area contributed by atoms with E-state index in [9.17, 15) is 13.6 Å². The Morgan fingerprint density at radius 3 is 2.67 bits per heavy atom. The third kappa shape index (κ3) is 2.92. The topological polar surface area (TPSA) is 63.3 Å². The molecule has 1 aromatic carbocycles. The molecule has 6 heteroatoms. The fraction of sp³-hybridized carbons (Fsp3) is 0.222. The predicted octanol–water partition coefficient (Wildman–Crippen LogP) is 0.0938. The molecular formula is C9H8AtF2NO2. The molecule has 3 N–H and O–H groups in total. The van der Waals surface area contributed by atoms with Gasteiger partial charge in [-0.15, -0.1) is 0 Å². The average molecular weight is 410 g/mol. The molecule has 0 spiro atoms. The van der Waals surface area contributed by atoms with Crippen LogP contribution in [0, 0.1) is 36.4 Å². The molecule has 0 saturated carbocycles. The number of hydrogen-bond donors (Lipinski definition) is 2. The zero-order valence-electron chi connectivity index (χ0n) is 7.51. The van der Waals surface area contributed by atoms with Gasteiger partial charge in [0.25, 0.3) is 0 Å². The number of carbonyl (C=O) groups is 1. The van der Waals surface area contributed by atoms with Gasteiger partial charge in [-0.05, 0) is 0 Å². The number of benzene rings is 1. The van der Waals surface area contributed by atoms with Crippen LogP contribution in [0.5, 0.6) is 0 Å². The fourth-order valence-corrected chi connectivity index (χ4v) is 1.76. The van der Waals surface area contributed by atoms with Crippen molar-refractivity contribution in [3.63, 3.8) is 0 Å². The summed E-state index contributed by atoms with van der Waals surface area (Å²) in [4.78, 5) is 10.4. The maximum absolute atomic E-state index is 13.4. The first-order valence-corrected chi connectivity index (χ1v) is 5.51. The monoisotopic (exact) mass is 410 g/mol. The van der Waals surface area contributed by atoms with E-state index in [1.165, 1.54) is 6.07 Å². The second kappa shape index (κ2) is 4.95. The van der Waals surface area contributed by atoms with Gasteiger partial charge in [-0.2, -0.15) is 0 Å². The first kappa shape index (κ1) is 12.5. The Morgan fingerprint density at radius 2 is 2.13 bits per heavy atom. The zero-order chi connectivity index (χ0) is 11.6. The van der Waals surface area contributed by atoms with Crippen LogP contribution in [0.1, 0.15) is 5.56 Å². The van der Waals surface area contributed by atoms with Gasteiger partial charge in [-0.3, -0.25) is 0 Å².